The molecule has 0 radical (unpaired) electrons. The molecule has 2 heterocycles. The van der Waals surface area contributed by atoms with Gasteiger partial charge in [0.25, 0.3) is 0 Å². The molecule has 3 aromatic rings. The summed E-state index contributed by atoms with van der Waals surface area (Å²) in [5.41, 5.74) is 4.71. The molecule has 2 aromatic carbocycles. The largest absolute Gasteiger partial charge is 0.392 e. The topological polar surface area (TPSA) is 143 Å². The SMILES string of the molecule is O=C(CCCC(=O)Nc1cccc(C2OC(CSc3ncccn3)CC(c3ccc(CO)cc3)O2)c1)NO. The first-order valence-corrected chi connectivity index (χ1v) is 13.3. The van der Waals surface area contributed by atoms with Gasteiger partial charge in [0.2, 0.25) is 11.8 Å². The predicted molar refractivity (Wildman–Crippen MR) is 140 cm³/mol. The van der Waals surface area contributed by atoms with Crippen LogP contribution in [0.15, 0.2) is 72.1 Å². The van der Waals surface area contributed by atoms with Gasteiger partial charge in [-0.1, -0.05) is 48.2 Å². The summed E-state index contributed by atoms with van der Waals surface area (Å²) in [6.07, 6.45) is 3.49. The summed E-state index contributed by atoms with van der Waals surface area (Å²) in [4.78, 5) is 32.0. The number of nitrogens with zero attached hydrogens (tertiary/aromatic N) is 2. The minimum atomic E-state index is -0.668. The van der Waals surface area contributed by atoms with E-state index in [4.69, 9.17) is 14.7 Å². The van der Waals surface area contributed by atoms with E-state index in [9.17, 15) is 14.7 Å². The summed E-state index contributed by atoms with van der Waals surface area (Å²) in [6.45, 7) is -0.0268. The van der Waals surface area contributed by atoms with Gasteiger partial charge in [0, 0.05) is 48.7 Å². The van der Waals surface area contributed by atoms with Crippen LogP contribution in [0, 0.1) is 0 Å². The number of carbonyl (C=O) groups excluding carboxylic acids is 2. The average molecular weight is 539 g/mol. The van der Waals surface area contributed by atoms with Crippen molar-refractivity contribution in [2.45, 2.75) is 55.9 Å². The Bertz CT molecular complexity index is 1200. The van der Waals surface area contributed by atoms with Crippen LogP contribution in [0.25, 0.3) is 0 Å². The quantitative estimate of drug-likeness (QED) is 0.124. The Morgan fingerprint density at radius 3 is 2.47 bits per heavy atom. The average Bonchev–Trinajstić information content (AvgIpc) is 2.96. The van der Waals surface area contributed by atoms with Crippen molar-refractivity contribution >= 4 is 29.3 Å². The molecule has 1 aromatic heterocycles. The van der Waals surface area contributed by atoms with Crippen molar-refractivity contribution in [3.05, 3.63) is 83.7 Å². The number of rotatable bonds is 11. The number of hydrogen-bond donors (Lipinski definition) is 4. The molecule has 3 atom stereocenters. The second-order valence-electron chi connectivity index (χ2n) is 8.75. The molecule has 0 spiro atoms. The molecule has 4 rings (SSSR count). The van der Waals surface area contributed by atoms with Crippen LogP contribution in [0.5, 0.6) is 0 Å². The van der Waals surface area contributed by atoms with Crippen molar-refractivity contribution in [1.82, 2.24) is 15.4 Å². The van der Waals surface area contributed by atoms with E-state index in [1.807, 2.05) is 42.5 Å². The van der Waals surface area contributed by atoms with Gasteiger partial charge in [-0.2, -0.15) is 0 Å². The van der Waals surface area contributed by atoms with Gasteiger partial charge in [-0.15, -0.1) is 0 Å². The first-order chi connectivity index (χ1) is 18.5. The lowest BCUT2D eigenvalue weighted by Crippen LogP contribution is -2.31. The minimum absolute atomic E-state index is 0.0268. The predicted octanol–water partition coefficient (Wildman–Crippen LogP) is 3.92. The van der Waals surface area contributed by atoms with E-state index in [1.165, 1.54) is 11.8 Å². The number of nitrogens with one attached hydrogen (secondary N) is 2. The highest BCUT2D eigenvalue weighted by Gasteiger charge is 2.32. The maximum absolute atomic E-state index is 12.3. The molecule has 1 saturated heterocycles. The van der Waals surface area contributed by atoms with Gasteiger partial charge >= 0.3 is 0 Å². The van der Waals surface area contributed by atoms with Crippen LogP contribution in [0.4, 0.5) is 5.69 Å². The lowest BCUT2D eigenvalue weighted by molar-refractivity contribution is -0.245. The smallest absolute Gasteiger partial charge is 0.243 e. The zero-order valence-corrected chi connectivity index (χ0v) is 21.5. The molecule has 3 unspecified atom stereocenters. The van der Waals surface area contributed by atoms with E-state index in [1.54, 1.807) is 30.0 Å². The highest BCUT2D eigenvalue weighted by molar-refractivity contribution is 7.99. The molecule has 2 amide bonds. The Morgan fingerprint density at radius 2 is 1.74 bits per heavy atom. The summed E-state index contributed by atoms with van der Waals surface area (Å²) >= 11 is 1.51. The molecule has 1 aliphatic rings. The number of hydrogen-bond acceptors (Lipinski definition) is 9. The molecule has 4 N–H and O–H groups in total. The second-order valence-corrected chi connectivity index (χ2v) is 9.74. The molecular formula is C27H30N4O6S. The van der Waals surface area contributed by atoms with Crippen molar-refractivity contribution < 1.29 is 29.4 Å². The molecule has 0 bridgehead atoms. The lowest BCUT2D eigenvalue weighted by atomic mass is 10.0. The molecule has 0 saturated carbocycles. The number of carbonyl (C=O) groups is 2. The Hall–Kier alpha value is -3.35. The van der Waals surface area contributed by atoms with Crippen molar-refractivity contribution in [1.29, 1.82) is 0 Å². The molecule has 200 valence electrons. The fourth-order valence-corrected chi connectivity index (χ4v) is 4.82. The monoisotopic (exact) mass is 538 g/mol. The zero-order chi connectivity index (χ0) is 26.7. The van der Waals surface area contributed by atoms with E-state index in [-0.39, 0.29) is 37.6 Å². The number of hydroxylamine groups is 1. The number of amides is 2. The van der Waals surface area contributed by atoms with Crippen LogP contribution in [0.3, 0.4) is 0 Å². The Morgan fingerprint density at radius 1 is 0.974 bits per heavy atom. The van der Waals surface area contributed by atoms with Gasteiger partial charge in [0.1, 0.15) is 0 Å². The van der Waals surface area contributed by atoms with E-state index in [0.717, 1.165) is 16.7 Å². The third kappa shape index (κ3) is 8.07. The Labute approximate surface area is 224 Å². The minimum Gasteiger partial charge on any atom is -0.392 e. The third-order valence-electron chi connectivity index (χ3n) is 5.93. The standard InChI is InChI=1S/C27H30N4O6S/c32-16-18-8-10-19(11-9-18)23-15-22(17-38-27-28-12-3-13-29-27)36-26(37-23)20-4-1-5-21(14-20)30-24(33)6-2-7-25(34)31-35/h1,3-5,8-14,22-23,26,32,35H,2,6-7,15-17H2,(H,30,33)(H,31,34). The summed E-state index contributed by atoms with van der Waals surface area (Å²) in [5, 5.41) is 21.5. The first-order valence-electron chi connectivity index (χ1n) is 12.3. The molecule has 1 aliphatic heterocycles. The number of thioether (sulfide) groups is 1. The molecule has 11 heteroatoms. The number of aromatic nitrogens is 2. The van der Waals surface area contributed by atoms with Crippen molar-refractivity contribution in [3.8, 4) is 0 Å². The summed E-state index contributed by atoms with van der Waals surface area (Å²) < 4.78 is 12.7. The van der Waals surface area contributed by atoms with E-state index < -0.39 is 12.2 Å². The fraction of sp³-hybridized carbons (Fsp3) is 0.333. The van der Waals surface area contributed by atoms with Crippen molar-refractivity contribution in [2.24, 2.45) is 0 Å². The maximum Gasteiger partial charge on any atom is 0.243 e. The second kappa shape index (κ2) is 14.0. The highest BCUT2D eigenvalue weighted by atomic mass is 32.2. The van der Waals surface area contributed by atoms with Gasteiger partial charge in [0.05, 0.1) is 18.8 Å². The number of aliphatic hydroxyl groups excluding tert-OH is 1. The van der Waals surface area contributed by atoms with Crippen LogP contribution < -0.4 is 10.8 Å². The summed E-state index contributed by atoms with van der Waals surface area (Å²) in [5.74, 6) is -0.136. The molecule has 38 heavy (non-hydrogen) atoms. The van der Waals surface area contributed by atoms with Gasteiger partial charge in [-0.05, 0) is 35.7 Å². The molecular weight excluding hydrogens is 508 g/mol. The number of aliphatic hydroxyl groups is 1. The van der Waals surface area contributed by atoms with Gasteiger partial charge in [-0.3, -0.25) is 14.8 Å². The Kier molecular flexibility index (Phi) is 10.2. The van der Waals surface area contributed by atoms with Gasteiger partial charge in [0.15, 0.2) is 11.4 Å². The van der Waals surface area contributed by atoms with Gasteiger partial charge in [-0.25, -0.2) is 15.4 Å². The van der Waals surface area contributed by atoms with Crippen LogP contribution in [-0.4, -0.2) is 44.0 Å². The van der Waals surface area contributed by atoms with Crippen molar-refractivity contribution in [3.63, 3.8) is 0 Å². The lowest BCUT2D eigenvalue weighted by Gasteiger charge is -2.36. The van der Waals surface area contributed by atoms with E-state index >= 15 is 0 Å². The van der Waals surface area contributed by atoms with E-state index in [0.29, 0.717) is 29.4 Å². The number of benzene rings is 2. The number of ether oxygens (including phenoxy) is 2. The van der Waals surface area contributed by atoms with Gasteiger partial charge < -0.3 is 19.9 Å². The van der Waals surface area contributed by atoms with Crippen LogP contribution in [-0.2, 0) is 25.7 Å². The fourth-order valence-electron chi connectivity index (χ4n) is 4.00. The zero-order valence-electron chi connectivity index (χ0n) is 20.7. The molecule has 10 nitrogen and oxygen atoms in total. The maximum atomic E-state index is 12.3. The van der Waals surface area contributed by atoms with E-state index in [2.05, 4.69) is 15.3 Å². The highest BCUT2D eigenvalue weighted by Crippen LogP contribution is 2.39. The summed E-state index contributed by atoms with van der Waals surface area (Å²) in [7, 11) is 0. The Balaban J connectivity index is 1.46. The van der Waals surface area contributed by atoms with Crippen LogP contribution in [0.2, 0.25) is 0 Å². The molecule has 0 aliphatic carbocycles. The molecule has 1 fully saturated rings. The van der Waals surface area contributed by atoms with Crippen molar-refractivity contribution in [2.75, 3.05) is 11.1 Å². The first kappa shape index (κ1) is 27.7. The number of anilines is 1. The van der Waals surface area contributed by atoms with Crippen LogP contribution >= 0.6 is 11.8 Å². The normalized spacial score (nSPS) is 19.1. The van der Waals surface area contributed by atoms with Crippen LogP contribution in [0.1, 0.15) is 54.8 Å². The third-order valence-corrected chi connectivity index (χ3v) is 6.94. The summed E-state index contributed by atoms with van der Waals surface area (Å²) in [6, 6.07) is 16.7.